The molecule has 0 unspecified atom stereocenters. The van der Waals surface area contributed by atoms with Crippen LogP contribution in [0.3, 0.4) is 0 Å². The van der Waals surface area contributed by atoms with Gasteiger partial charge in [0.15, 0.2) is 17.3 Å². The summed E-state index contributed by atoms with van der Waals surface area (Å²) in [6.45, 7) is 0.228. The van der Waals surface area contributed by atoms with E-state index in [4.69, 9.17) is 9.47 Å². The van der Waals surface area contributed by atoms with E-state index in [1.165, 1.54) is 24.0 Å². The van der Waals surface area contributed by atoms with Crippen molar-refractivity contribution in [2.45, 2.75) is 25.7 Å². The minimum atomic E-state index is 0.0432. The zero-order valence-corrected chi connectivity index (χ0v) is 11.7. The molecule has 3 nitrogen and oxygen atoms in total. The fraction of sp³-hybridized carbons (Fsp3) is 0.278. The first-order chi connectivity index (χ1) is 10.3. The van der Waals surface area contributed by atoms with Gasteiger partial charge in [-0.15, -0.1) is 0 Å². The number of ether oxygens (including phenoxy) is 2. The topological polar surface area (TPSA) is 35.5 Å². The van der Waals surface area contributed by atoms with Gasteiger partial charge in [0.2, 0.25) is 6.79 Å². The van der Waals surface area contributed by atoms with Gasteiger partial charge in [-0.2, -0.15) is 0 Å². The average molecular weight is 280 g/mol. The molecule has 2 aromatic rings. The van der Waals surface area contributed by atoms with Crippen molar-refractivity contribution in [2.24, 2.45) is 0 Å². The molecular weight excluding hydrogens is 264 g/mol. The second kappa shape index (κ2) is 4.92. The van der Waals surface area contributed by atoms with Crippen molar-refractivity contribution >= 4 is 5.78 Å². The Kier molecular flexibility index (Phi) is 2.92. The molecule has 0 spiro atoms. The van der Waals surface area contributed by atoms with Gasteiger partial charge < -0.3 is 9.47 Å². The third-order valence-corrected chi connectivity index (χ3v) is 4.25. The maximum atomic E-state index is 12.6. The first kappa shape index (κ1) is 12.5. The molecule has 1 aliphatic heterocycles. The van der Waals surface area contributed by atoms with Crippen LogP contribution in [0.4, 0.5) is 0 Å². The highest BCUT2D eigenvalue weighted by molar-refractivity contribution is 6.09. The Balaban J connectivity index is 1.68. The summed E-state index contributed by atoms with van der Waals surface area (Å²) >= 11 is 0. The Morgan fingerprint density at radius 2 is 1.52 bits per heavy atom. The molecule has 0 aromatic heterocycles. The van der Waals surface area contributed by atoms with Crippen LogP contribution in [0.1, 0.15) is 39.9 Å². The predicted molar refractivity (Wildman–Crippen MR) is 79.1 cm³/mol. The number of fused-ring (bicyclic) bond motifs is 2. The average Bonchev–Trinajstić information content (AvgIpc) is 3.01. The van der Waals surface area contributed by atoms with Gasteiger partial charge in [-0.05, 0) is 61.1 Å². The van der Waals surface area contributed by atoms with Crippen molar-refractivity contribution in [3.8, 4) is 11.5 Å². The highest BCUT2D eigenvalue weighted by atomic mass is 16.7. The van der Waals surface area contributed by atoms with Gasteiger partial charge in [0.1, 0.15) is 0 Å². The molecule has 4 rings (SSSR count). The van der Waals surface area contributed by atoms with E-state index in [0.717, 1.165) is 18.4 Å². The third kappa shape index (κ3) is 2.19. The zero-order chi connectivity index (χ0) is 14.2. The molecule has 0 fully saturated rings. The highest BCUT2D eigenvalue weighted by Crippen LogP contribution is 2.33. The van der Waals surface area contributed by atoms with E-state index >= 15 is 0 Å². The maximum absolute atomic E-state index is 12.6. The van der Waals surface area contributed by atoms with E-state index in [2.05, 4.69) is 12.1 Å². The summed E-state index contributed by atoms with van der Waals surface area (Å²) in [6.07, 6.45) is 4.68. The predicted octanol–water partition coefficient (Wildman–Crippen LogP) is 3.53. The number of rotatable bonds is 2. The summed E-state index contributed by atoms with van der Waals surface area (Å²) in [5.41, 5.74) is 4.13. The summed E-state index contributed by atoms with van der Waals surface area (Å²) in [7, 11) is 0. The molecule has 3 heteroatoms. The molecule has 2 aromatic carbocycles. The Morgan fingerprint density at radius 3 is 2.43 bits per heavy atom. The summed E-state index contributed by atoms with van der Waals surface area (Å²) in [5.74, 6) is 1.40. The van der Waals surface area contributed by atoms with E-state index in [1.807, 2.05) is 6.07 Å². The zero-order valence-electron chi connectivity index (χ0n) is 11.7. The van der Waals surface area contributed by atoms with Gasteiger partial charge >= 0.3 is 0 Å². The Hall–Kier alpha value is -2.29. The van der Waals surface area contributed by atoms with Crippen molar-refractivity contribution in [2.75, 3.05) is 6.79 Å². The monoisotopic (exact) mass is 280 g/mol. The van der Waals surface area contributed by atoms with Crippen molar-refractivity contribution in [1.29, 1.82) is 0 Å². The van der Waals surface area contributed by atoms with Crippen LogP contribution >= 0.6 is 0 Å². The van der Waals surface area contributed by atoms with Crippen molar-refractivity contribution in [3.63, 3.8) is 0 Å². The van der Waals surface area contributed by atoms with E-state index < -0.39 is 0 Å². The van der Waals surface area contributed by atoms with Crippen molar-refractivity contribution in [1.82, 2.24) is 0 Å². The number of carbonyl (C=O) groups is 1. The summed E-state index contributed by atoms with van der Waals surface area (Å²) in [4.78, 5) is 12.6. The van der Waals surface area contributed by atoms with Gasteiger partial charge in [-0.25, -0.2) is 0 Å². The molecule has 21 heavy (non-hydrogen) atoms. The largest absolute Gasteiger partial charge is 0.454 e. The van der Waals surface area contributed by atoms with Crippen LogP contribution in [0.15, 0.2) is 36.4 Å². The van der Waals surface area contributed by atoms with Crippen LogP contribution < -0.4 is 9.47 Å². The molecule has 0 amide bonds. The van der Waals surface area contributed by atoms with E-state index in [0.29, 0.717) is 17.1 Å². The highest BCUT2D eigenvalue weighted by Gasteiger charge is 2.18. The van der Waals surface area contributed by atoms with Crippen LogP contribution in [0, 0.1) is 0 Å². The summed E-state index contributed by atoms with van der Waals surface area (Å²) < 4.78 is 10.6. The number of ketones is 1. The second-order valence-corrected chi connectivity index (χ2v) is 5.59. The summed E-state index contributed by atoms with van der Waals surface area (Å²) in [6, 6.07) is 11.5. The molecule has 0 saturated carbocycles. The van der Waals surface area contributed by atoms with Gasteiger partial charge in [0, 0.05) is 11.1 Å². The molecule has 0 saturated heterocycles. The fourth-order valence-electron chi connectivity index (χ4n) is 3.08. The number of benzene rings is 2. The van der Waals surface area contributed by atoms with E-state index in [1.54, 1.807) is 18.2 Å². The van der Waals surface area contributed by atoms with Crippen LogP contribution in [0.25, 0.3) is 0 Å². The first-order valence-electron chi connectivity index (χ1n) is 7.37. The number of hydrogen-bond acceptors (Lipinski definition) is 3. The molecule has 106 valence electrons. The second-order valence-electron chi connectivity index (χ2n) is 5.59. The third-order valence-electron chi connectivity index (χ3n) is 4.25. The lowest BCUT2D eigenvalue weighted by atomic mass is 9.89. The molecule has 0 N–H and O–H groups in total. The molecule has 0 atom stereocenters. The van der Waals surface area contributed by atoms with E-state index in [9.17, 15) is 4.79 Å². The van der Waals surface area contributed by atoms with E-state index in [-0.39, 0.29) is 12.6 Å². The normalized spacial score (nSPS) is 15.6. The first-order valence-corrected chi connectivity index (χ1v) is 7.37. The molecule has 1 aliphatic carbocycles. The minimum absolute atomic E-state index is 0.0432. The van der Waals surface area contributed by atoms with Crippen LogP contribution in [0.5, 0.6) is 11.5 Å². The Labute approximate surface area is 123 Å². The smallest absolute Gasteiger partial charge is 0.231 e. The van der Waals surface area contributed by atoms with Gasteiger partial charge in [-0.3, -0.25) is 4.79 Å². The van der Waals surface area contributed by atoms with Crippen LogP contribution in [0.2, 0.25) is 0 Å². The lowest BCUT2D eigenvalue weighted by Crippen LogP contribution is -2.07. The fourth-order valence-corrected chi connectivity index (χ4v) is 3.08. The molecule has 2 aliphatic rings. The van der Waals surface area contributed by atoms with Crippen LogP contribution in [-0.2, 0) is 12.8 Å². The standard InChI is InChI=1S/C18H16O3/c19-18(15-7-8-16-17(10-15)21-11-20-16)14-6-5-12-3-1-2-4-13(12)9-14/h5-10H,1-4,11H2. The van der Waals surface area contributed by atoms with Crippen molar-refractivity contribution in [3.05, 3.63) is 58.7 Å². The molecule has 0 radical (unpaired) electrons. The lowest BCUT2D eigenvalue weighted by Gasteiger charge is -2.16. The SMILES string of the molecule is O=C(c1ccc2c(c1)CCCC2)c1ccc2c(c1)OCO2. The quantitative estimate of drug-likeness (QED) is 0.789. The van der Waals surface area contributed by atoms with Gasteiger partial charge in [0.05, 0.1) is 0 Å². The van der Waals surface area contributed by atoms with Gasteiger partial charge in [-0.1, -0.05) is 12.1 Å². The summed E-state index contributed by atoms with van der Waals surface area (Å²) in [5, 5.41) is 0. The number of carbonyl (C=O) groups excluding carboxylic acids is 1. The van der Waals surface area contributed by atoms with Crippen LogP contribution in [-0.4, -0.2) is 12.6 Å². The maximum Gasteiger partial charge on any atom is 0.231 e. The Bertz CT molecular complexity index is 718. The number of hydrogen-bond donors (Lipinski definition) is 0. The minimum Gasteiger partial charge on any atom is -0.454 e. The lowest BCUT2D eigenvalue weighted by molar-refractivity contribution is 0.103. The molecule has 0 bridgehead atoms. The molecule has 1 heterocycles. The Morgan fingerprint density at radius 1 is 0.810 bits per heavy atom. The van der Waals surface area contributed by atoms with Gasteiger partial charge in [0.25, 0.3) is 0 Å². The number of aryl methyl sites for hydroxylation is 2. The molecular formula is C18H16O3. The van der Waals surface area contributed by atoms with Crippen molar-refractivity contribution < 1.29 is 14.3 Å².